The van der Waals surface area contributed by atoms with Crippen molar-refractivity contribution in [3.8, 4) is 5.82 Å². The minimum atomic E-state index is -0.218. The van der Waals surface area contributed by atoms with Crippen molar-refractivity contribution in [3.63, 3.8) is 0 Å². The Kier molecular flexibility index (Phi) is 1.98. The molecule has 3 aromatic rings. The predicted octanol–water partition coefficient (Wildman–Crippen LogP) is 1.30. The van der Waals surface area contributed by atoms with Gasteiger partial charge in [0.2, 0.25) is 0 Å². The number of aromatic amines is 1. The molecule has 0 saturated heterocycles. The second-order valence-corrected chi connectivity index (χ2v) is 3.73. The molecule has 0 amide bonds. The number of nitrogens with two attached hydrogens (primary N) is 1. The van der Waals surface area contributed by atoms with Gasteiger partial charge in [-0.3, -0.25) is 0 Å². The molecule has 0 radical (unpaired) electrons. The van der Waals surface area contributed by atoms with Crippen molar-refractivity contribution in [2.24, 2.45) is 0 Å². The number of hydrogen-bond donors (Lipinski definition) is 2. The Morgan fingerprint density at radius 1 is 1.24 bits per heavy atom. The molecule has 0 bridgehead atoms. The molecule has 0 spiro atoms. The maximum absolute atomic E-state index is 11.9. The number of H-pyrrole nitrogens is 1. The minimum Gasteiger partial charge on any atom is -0.399 e. The van der Waals surface area contributed by atoms with E-state index in [-0.39, 0.29) is 5.69 Å². The first-order valence-corrected chi connectivity index (χ1v) is 5.17. The first-order chi connectivity index (χ1) is 8.25. The number of pyridine rings is 1. The summed E-state index contributed by atoms with van der Waals surface area (Å²) in [5.41, 5.74) is 7.55. The zero-order valence-corrected chi connectivity index (χ0v) is 8.92. The third kappa shape index (κ3) is 1.48. The van der Waals surface area contributed by atoms with Crippen LogP contribution in [0, 0.1) is 0 Å². The summed E-state index contributed by atoms with van der Waals surface area (Å²) in [5.74, 6) is 0.591. The smallest absolute Gasteiger partial charge is 0.332 e. The van der Waals surface area contributed by atoms with Gasteiger partial charge in [0.1, 0.15) is 5.82 Å². The highest BCUT2D eigenvalue weighted by Crippen LogP contribution is 2.16. The van der Waals surface area contributed by atoms with E-state index in [9.17, 15) is 4.79 Å². The number of hydrogen-bond acceptors (Lipinski definition) is 3. The molecule has 0 aliphatic rings. The summed E-state index contributed by atoms with van der Waals surface area (Å²) in [6.45, 7) is 0. The molecule has 5 nitrogen and oxygen atoms in total. The van der Waals surface area contributed by atoms with Gasteiger partial charge in [0.15, 0.2) is 0 Å². The van der Waals surface area contributed by atoms with E-state index in [0.29, 0.717) is 17.0 Å². The van der Waals surface area contributed by atoms with Crippen molar-refractivity contribution in [1.29, 1.82) is 0 Å². The average molecular weight is 226 g/mol. The van der Waals surface area contributed by atoms with E-state index in [0.717, 1.165) is 5.52 Å². The SMILES string of the molecule is Nc1ccc2c(c1)[nH]c(=O)n2-c1ccccn1. The summed E-state index contributed by atoms with van der Waals surface area (Å²) in [5, 5.41) is 0. The van der Waals surface area contributed by atoms with E-state index in [1.807, 2.05) is 6.07 Å². The summed E-state index contributed by atoms with van der Waals surface area (Å²) >= 11 is 0. The molecule has 2 heterocycles. The summed E-state index contributed by atoms with van der Waals surface area (Å²) in [4.78, 5) is 18.8. The Morgan fingerprint density at radius 2 is 2.12 bits per heavy atom. The van der Waals surface area contributed by atoms with Crippen LogP contribution < -0.4 is 11.4 Å². The van der Waals surface area contributed by atoms with Gasteiger partial charge in [-0.15, -0.1) is 0 Å². The highest BCUT2D eigenvalue weighted by Gasteiger charge is 2.08. The largest absolute Gasteiger partial charge is 0.399 e. The van der Waals surface area contributed by atoms with Gasteiger partial charge < -0.3 is 10.7 Å². The normalized spacial score (nSPS) is 10.8. The van der Waals surface area contributed by atoms with Crippen LogP contribution in [0.1, 0.15) is 0 Å². The Morgan fingerprint density at radius 3 is 2.88 bits per heavy atom. The van der Waals surface area contributed by atoms with Crippen LogP contribution in [0.25, 0.3) is 16.9 Å². The Balaban J connectivity index is 2.37. The minimum absolute atomic E-state index is 0.218. The average Bonchev–Trinajstić information content (AvgIpc) is 2.65. The molecular formula is C12H10N4O. The van der Waals surface area contributed by atoms with Gasteiger partial charge in [-0.05, 0) is 30.3 Å². The maximum Gasteiger partial charge on any atom is 0.332 e. The van der Waals surface area contributed by atoms with Gasteiger partial charge in [0.25, 0.3) is 0 Å². The summed E-state index contributed by atoms with van der Waals surface area (Å²) in [6, 6.07) is 10.7. The zero-order valence-electron chi connectivity index (χ0n) is 8.92. The van der Waals surface area contributed by atoms with Gasteiger partial charge in [0, 0.05) is 11.9 Å². The topological polar surface area (TPSA) is 76.7 Å². The van der Waals surface area contributed by atoms with Gasteiger partial charge in [-0.25, -0.2) is 14.3 Å². The zero-order chi connectivity index (χ0) is 11.8. The van der Waals surface area contributed by atoms with E-state index in [1.54, 1.807) is 36.5 Å². The molecule has 2 aromatic heterocycles. The predicted molar refractivity (Wildman–Crippen MR) is 66.1 cm³/mol. The van der Waals surface area contributed by atoms with Crippen LogP contribution >= 0.6 is 0 Å². The molecule has 17 heavy (non-hydrogen) atoms. The standard InChI is InChI=1S/C12H10N4O/c13-8-4-5-10-9(7-8)15-12(17)16(10)11-3-1-2-6-14-11/h1-7H,13H2,(H,15,17). The Hall–Kier alpha value is -2.56. The number of fused-ring (bicyclic) bond motifs is 1. The molecule has 3 rings (SSSR count). The molecule has 0 aliphatic carbocycles. The van der Waals surface area contributed by atoms with E-state index >= 15 is 0 Å². The highest BCUT2D eigenvalue weighted by molar-refractivity contribution is 5.80. The number of nitrogens with one attached hydrogen (secondary N) is 1. The molecule has 0 fully saturated rings. The van der Waals surface area contributed by atoms with Gasteiger partial charge in [-0.2, -0.15) is 0 Å². The number of rotatable bonds is 1. The highest BCUT2D eigenvalue weighted by atomic mass is 16.1. The fraction of sp³-hybridized carbons (Fsp3) is 0. The first-order valence-electron chi connectivity index (χ1n) is 5.17. The van der Waals surface area contributed by atoms with E-state index in [4.69, 9.17) is 5.73 Å². The molecule has 84 valence electrons. The summed E-state index contributed by atoms with van der Waals surface area (Å²) in [7, 11) is 0. The fourth-order valence-corrected chi connectivity index (χ4v) is 1.84. The van der Waals surface area contributed by atoms with Crippen molar-refractivity contribution in [2.45, 2.75) is 0 Å². The van der Waals surface area contributed by atoms with Crippen LogP contribution in [-0.2, 0) is 0 Å². The van der Waals surface area contributed by atoms with Crippen molar-refractivity contribution < 1.29 is 0 Å². The number of benzene rings is 1. The van der Waals surface area contributed by atoms with Crippen LogP contribution in [0.4, 0.5) is 5.69 Å². The van der Waals surface area contributed by atoms with Gasteiger partial charge in [-0.1, -0.05) is 6.07 Å². The molecule has 3 N–H and O–H groups in total. The summed E-state index contributed by atoms with van der Waals surface area (Å²) < 4.78 is 1.52. The van der Waals surface area contributed by atoms with Crippen LogP contribution in [0.5, 0.6) is 0 Å². The van der Waals surface area contributed by atoms with E-state index in [2.05, 4.69) is 9.97 Å². The third-order valence-electron chi connectivity index (χ3n) is 2.58. The quantitative estimate of drug-likeness (QED) is 0.614. The number of imidazole rings is 1. The molecule has 0 saturated carbocycles. The van der Waals surface area contributed by atoms with Crippen molar-refractivity contribution >= 4 is 16.7 Å². The first kappa shape index (κ1) is 9.65. The molecular weight excluding hydrogens is 216 g/mol. The van der Waals surface area contributed by atoms with Gasteiger partial charge >= 0.3 is 5.69 Å². The molecule has 1 aromatic carbocycles. The van der Waals surface area contributed by atoms with Crippen molar-refractivity contribution in [1.82, 2.24) is 14.5 Å². The molecule has 0 atom stereocenters. The van der Waals surface area contributed by atoms with Crippen LogP contribution in [0.3, 0.4) is 0 Å². The number of aromatic nitrogens is 3. The van der Waals surface area contributed by atoms with E-state index < -0.39 is 0 Å². The van der Waals surface area contributed by atoms with Crippen LogP contribution in [-0.4, -0.2) is 14.5 Å². The monoisotopic (exact) mass is 226 g/mol. The second-order valence-electron chi connectivity index (χ2n) is 3.73. The third-order valence-corrected chi connectivity index (χ3v) is 2.58. The second kappa shape index (κ2) is 3.48. The fourth-order valence-electron chi connectivity index (χ4n) is 1.84. The Bertz CT molecular complexity index is 727. The maximum atomic E-state index is 11.9. The molecule has 0 unspecified atom stereocenters. The summed E-state index contributed by atoms with van der Waals surface area (Å²) in [6.07, 6.45) is 1.65. The lowest BCUT2D eigenvalue weighted by atomic mass is 10.3. The molecule has 0 aliphatic heterocycles. The van der Waals surface area contributed by atoms with Crippen LogP contribution in [0.15, 0.2) is 47.4 Å². The lowest BCUT2D eigenvalue weighted by Crippen LogP contribution is -2.15. The molecule has 5 heteroatoms. The lowest BCUT2D eigenvalue weighted by molar-refractivity contribution is 0.966. The number of nitrogen functional groups attached to an aromatic ring is 1. The van der Waals surface area contributed by atoms with Crippen molar-refractivity contribution in [2.75, 3.05) is 5.73 Å². The van der Waals surface area contributed by atoms with E-state index in [1.165, 1.54) is 4.57 Å². The number of nitrogens with zero attached hydrogens (tertiary/aromatic N) is 2. The van der Waals surface area contributed by atoms with Crippen LogP contribution in [0.2, 0.25) is 0 Å². The van der Waals surface area contributed by atoms with Gasteiger partial charge in [0.05, 0.1) is 11.0 Å². The lowest BCUT2D eigenvalue weighted by Gasteiger charge is -2.01. The Labute approximate surface area is 96.5 Å². The van der Waals surface area contributed by atoms with Crippen molar-refractivity contribution in [3.05, 3.63) is 53.1 Å². The number of anilines is 1.